The van der Waals surface area contributed by atoms with Gasteiger partial charge in [0.25, 0.3) is 0 Å². The number of hydrogen-bond donors (Lipinski definition) is 1. The molecular weight excluding hydrogens is 712 g/mol. The van der Waals surface area contributed by atoms with Crippen LogP contribution in [0.2, 0.25) is 0 Å². The maximum absolute atomic E-state index is 13.3. The van der Waals surface area contributed by atoms with Crippen LogP contribution in [0.4, 0.5) is 16.2 Å². The molecule has 1 amide bonds. The van der Waals surface area contributed by atoms with Gasteiger partial charge in [-0.2, -0.15) is 0 Å². The summed E-state index contributed by atoms with van der Waals surface area (Å²) >= 11 is 0. The Morgan fingerprint density at radius 2 is 1.50 bits per heavy atom. The van der Waals surface area contributed by atoms with Gasteiger partial charge in [-0.1, -0.05) is 86.7 Å². The number of ether oxygens (including phenoxy) is 1. The van der Waals surface area contributed by atoms with Gasteiger partial charge in [-0.15, -0.1) is 0 Å². The van der Waals surface area contributed by atoms with Crippen molar-refractivity contribution in [2.45, 2.75) is 36.7 Å². The van der Waals surface area contributed by atoms with E-state index < -0.39 is 49.1 Å². The molecule has 4 aromatic rings. The van der Waals surface area contributed by atoms with E-state index in [1.165, 1.54) is 24.3 Å². The third-order valence-corrected chi connectivity index (χ3v) is 12.1. The van der Waals surface area contributed by atoms with Crippen molar-refractivity contribution in [1.29, 1.82) is 0 Å². The number of fused-ring (bicyclic) bond motifs is 5. The summed E-state index contributed by atoms with van der Waals surface area (Å²) in [5.74, 6) is -1.12. The Labute approximate surface area is 324 Å². The maximum atomic E-state index is 13.3. The normalized spacial score (nSPS) is 18.2. The Kier molecular flexibility index (Phi) is 10.3. The van der Waals surface area contributed by atoms with Crippen LogP contribution in [0.15, 0.2) is 131 Å². The average Bonchev–Trinajstić information content (AvgIpc) is 3.59. The predicted octanol–water partition coefficient (Wildman–Crippen LogP) is 4.04. The first-order valence-electron chi connectivity index (χ1n) is 16.3. The molecule has 52 heavy (non-hydrogen) atoms. The number of nitrogens with one attached hydrogen (secondary N) is 1. The molecule has 10 nitrogen and oxygen atoms in total. The van der Waals surface area contributed by atoms with Gasteiger partial charge in [-0.3, -0.25) is 10.1 Å². The van der Waals surface area contributed by atoms with Gasteiger partial charge in [0.2, 0.25) is 15.6 Å². The van der Waals surface area contributed by atoms with Gasteiger partial charge in [-0.25, -0.2) is 21.6 Å². The number of Topliss-reactive ketones (excluding diaryl/α,β-unsaturated/α-hetero) is 1. The quantitative estimate of drug-likeness (QED) is 0.160. The van der Waals surface area contributed by atoms with Gasteiger partial charge in [0.1, 0.15) is 4.91 Å². The van der Waals surface area contributed by atoms with E-state index in [0.717, 1.165) is 39.2 Å². The van der Waals surface area contributed by atoms with Crippen LogP contribution in [0, 0.1) is 0 Å². The molecule has 3 aliphatic rings. The van der Waals surface area contributed by atoms with E-state index >= 15 is 0 Å². The molecule has 0 saturated carbocycles. The number of sulfone groups is 1. The molecule has 0 radical (unpaired) electrons. The van der Waals surface area contributed by atoms with E-state index in [1.54, 1.807) is 30.4 Å². The monoisotopic (exact) mass is 744 g/mol. The van der Waals surface area contributed by atoms with Crippen molar-refractivity contribution in [2.24, 2.45) is 0 Å². The molecule has 0 unspecified atom stereocenters. The number of rotatable bonds is 8. The number of hydrogen-bond acceptors (Lipinski definition) is 9. The van der Waals surface area contributed by atoms with E-state index in [-0.39, 0.29) is 57.9 Å². The first-order valence-corrected chi connectivity index (χ1v) is 19.3. The van der Waals surface area contributed by atoms with Gasteiger partial charge in [0.15, 0.2) is 6.10 Å². The van der Waals surface area contributed by atoms with E-state index in [0.29, 0.717) is 5.69 Å². The van der Waals surface area contributed by atoms with Crippen molar-refractivity contribution in [2.75, 3.05) is 22.5 Å². The smallest absolute Gasteiger partial charge is 0.748 e. The summed E-state index contributed by atoms with van der Waals surface area (Å²) in [6.45, 7) is 4.13. The van der Waals surface area contributed by atoms with E-state index in [9.17, 15) is 31.0 Å². The van der Waals surface area contributed by atoms with Crippen LogP contribution in [0.3, 0.4) is 0 Å². The summed E-state index contributed by atoms with van der Waals surface area (Å²) in [4.78, 5) is 27.7. The number of allylic oxidation sites excluding steroid dienone is 6. The van der Waals surface area contributed by atoms with E-state index in [4.69, 9.17) is 4.74 Å². The molecule has 2 heterocycles. The van der Waals surface area contributed by atoms with E-state index in [2.05, 4.69) is 5.32 Å². The number of ketones is 1. The predicted molar refractivity (Wildman–Crippen MR) is 193 cm³/mol. The van der Waals surface area contributed by atoms with E-state index in [1.807, 2.05) is 79.4 Å². The summed E-state index contributed by atoms with van der Waals surface area (Å²) in [5.41, 5.74) is 6.08. The molecule has 1 aliphatic carbocycles. The molecule has 0 fully saturated rings. The summed E-state index contributed by atoms with van der Waals surface area (Å²) in [6.07, 6.45) is 4.98. The molecule has 260 valence electrons. The zero-order valence-electron chi connectivity index (χ0n) is 28.7. The van der Waals surface area contributed by atoms with Gasteiger partial charge < -0.3 is 14.2 Å². The molecule has 7 rings (SSSR count). The Balaban J connectivity index is 0.00000464. The van der Waals surface area contributed by atoms with Crippen LogP contribution < -0.4 is 39.8 Å². The molecule has 0 atom stereocenters. The fourth-order valence-corrected chi connectivity index (χ4v) is 9.14. The Bertz CT molecular complexity index is 2390. The van der Waals surface area contributed by atoms with Crippen LogP contribution in [0.1, 0.15) is 53.4 Å². The summed E-state index contributed by atoms with van der Waals surface area (Å²) in [7, 11) is -8.40. The number of benzene rings is 4. The Morgan fingerprint density at radius 1 is 0.904 bits per heavy atom. The molecule has 0 saturated heterocycles. The summed E-state index contributed by atoms with van der Waals surface area (Å²) < 4.78 is 66.3. The molecule has 1 N–H and O–H groups in total. The van der Waals surface area contributed by atoms with Crippen LogP contribution in [-0.2, 0) is 30.1 Å². The van der Waals surface area contributed by atoms with Crippen LogP contribution in [-0.4, -0.2) is 45.6 Å². The third-order valence-electron chi connectivity index (χ3n) is 9.46. The zero-order valence-corrected chi connectivity index (χ0v) is 32.3. The molecule has 0 spiro atoms. The minimum Gasteiger partial charge on any atom is -0.748 e. The maximum Gasteiger partial charge on any atom is 1.00 e. The molecule has 13 heteroatoms. The van der Waals surface area contributed by atoms with Crippen molar-refractivity contribution in [3.8, 4) is 11.1 Å². The molecule has 2 aliphatic heterocycles. The third kappa shape index (κ3) is 6.82. The largest absolute Gasteiger partial charge is 1.00 e. The van der Waals surface area contributed by atoms with Crippen molar-refractivity contribution < 1.29 is 65.3 Å². The molecule has 4 aromatic carbocycles. The minimum absolute atomic E-state index is 0. The van der Waals surface area contributed by atoms with Crippen molar-refractivity contribution in [1.82, 2.24) is 0 Å². The molecule has 0 aromatic heterocycles. The van der Waals surface area contributed by atoms with Gasteiger partial charge >= 0.3 is 35.7 Å². The van der Waals surface area contributed by atoms with Gasteiger partial charge in [-0.05, 0) is 65.6 Å². The molecule has 0 bridgehead atoms. The van der Waals surface area contributed by atoms with Crippen LogP contribution >= 0.6 is 0 Å². The SMILES string of the molecule is CC1(C)C(=CC=CC=C2C(=O)c3ccccc3S2(=O)=O)N(CCCS(=O)(=O)[O-])c2ccc(NC(=O)OC3c4ccccc4-c4ccccc43)cc21.[Na+]. The standard InChI is InChI=1S/C39H34N2O8S2.Na/c1-39(2)31-24-25(40-38(43)49-37-28-14-5-3-12-26(28)27-13-4-6-15-29(27)37)20-21-32(31)41(22-11-23-50(44,45)46)35(39)19-10-9-18-34-36(42)30-16-7-8-17-33(30)51(34,47)48;/h3-10,12-21,24,37H,11,22-23H2,1-2H3,(H,40,43)(H,44,45,46);/q;+1/p-1. The molecular formula is C39H33N2NaO8S2. The van der Waals surface area contributed by atoms with Gasteiger partial charge in [0, 0.05) is 51.5 Å². The first-order chi connectivity index (χ1) is 24.3. The second-order valence-electron chi connectivity index (χ2n) is 13.0. The Hall–Kier alpha value is -4.30. The summed E-state index contributed by atoms with van der Waals surface area (Å²) in [6, 6.07) is 27.0. The zero-order chi connectivity index (χ0) is 36.1. The fourth-order valence-electron chi connectivity index (χ4n) is 7.10. The van der Waals surface area contributed by atoms with Crippen molar-refractivity contribution >= 4 is 43.2 Å². The van der Waals surface area contributed by atoms with Gasteiger partial charge in [0.05, 0.1) is 15.0 Å². The topological polar surface area (TPSA) is 150 Å². The second kappa shape index (κ2) is 14.3. The number of carbonyl (C=O) groups is 2. The average molecular weight is 745 g/mol. The van der Waals surface area contributed by atoms with Crippen LogP contribution in [0.25, 0.3) is 11.1 Å². The summed E-state index contributed by atoms with van der Waals surface area (Å²) in [5, 5.41) is 2.86. The number of carbonyl (C=O) groups excluding carboxylic acids is 2. The number of nitrogens with zero attached hydrogens (tertiary/aromatic N) is 1. The first kappa shape index (κ1) is 37.5. The number of anilines is 2. The van der Waals surface area contributed by atoms with Crippen LogP contribution in [0.5, 0.6) is 0 Å². The Morgan fingerprint density at radius 3 is 2.13 bits per heavy atom. The van der Waals surface area contributed by atoms with Crippen molar-refractivity contribution in [3.63, 3.8) is 0 Å². The fraction of sp³-hybridized carbons (Fsp3) is 0.179. The van der Waals surface area contributed by atoms with Crippen molar-refractivity contribution in [3.05, 3.63) is 148 Å². The number of amides is 1. The second-order valence-corrected chi connectivity index (χ2v) is 16.4. The minimum atomic E-state index is -4.44.